The van der Waals surface area contributed by atoms with Crippen molar-refractivity contribution in [3.8, 4) is 0 Å². The molecule has 0 amide bonds. The summed E-state index contributed by atoms with van der Waals surface area (Å²) in [5.74, 6) is -4.76. The molecule has 0 aliphatic carbocycles. The zero-order valence-electron chi connectivity index (χ0n) is 13.0. The number of hydrogen-bond donors (Lipinski definition) is 0. The first-order valence-electron chi connectivity index (χ1n) is 6.77. The van der Waals surface area contributed by atoms with Crippen LogP contribution in [0, 0.1) is 17.5 Å². The smallest absolute Gasteiger partial charge is 0.294 e. The predicted molar refractivity (Wildman–Crippen MR) is 77.8 cm³/mol. The van der Waals surface area contributed by atoms with Crippen LogP contribution in [-0.2, 0) is 6.18 Å². The van der Waals surface area contributed by atoms with E-state index in [4.69, 9.17) is 0 Å². The molecule has 0 unspecified atom stereocenters. The zero-order chi connectivity index (χ0) is 19.4. The highest BCUT2D eigenvalue weighted by atomic mass is 19.4. The molecular weight excluding hydrogens is 350 g/mol. The Labute approximate surface area is 139 Å². The lowest BCUT2D eigenvalue weighted by atomic mass is 10.0. The number of carbonyl (C=O) groups excluding carboxylic acids is 2. The minimum atomic E-state index is -4.46. The molecule has 0 atom stereocenters. The van der Waals surface area contributed by atoms with Gasteiger partial charge in [0.1, 0.15) is 5.82 Å². The number of ketones is 2. The van der Waals surface area contributed by atoms with Crippen LogP contribution in [0.2, 0.25) is 0 Å². The highest BCUT2D eigenvalue weighted by molar-refractivity contribution is 5.95. The fourth-order valence-electron chi connectivity index (χ4n) is 1.83. The Balaban J connectivity index is 0.000000251. The van der Waals surface area contributed by atoms with Gasteiger partial charge >= 0.3 is 6.18 Å². The summed E-state index contributed by atoms with van der Waals surface area (Å²) >= 11 is 0. The standard InChI is InChI=1S/C9H7F3O.C8H5F3O/c1-6(13)7-4-2-3-5-8(7)9(10,11)12;1-4(12)5-2-7(10)8(11)3-6(5)9/h2-5H,1H3;2-3H,1H3. The van der Waals surface area contributed by atoms with Crippen LogP contribution in [0.5, 0.6) is 0 Å². The predicted octanol–water partition coefficient (Wildman–Crippen LogP) is 5.21. The lowest BCUT2D eigenvalue weighted by Crippen LogP contribution is -2.11. The minimum absolute atomic E-state index is 0.282. The van der Waals surface area contributed by atoms with E-state index in [1.807, 2.05) is 0 Å². The Morgan fingerprint density at radius 3 is 1.68 bits per heavy atom. The quantitative estimate of drug-likeness (QED) is 0.417. The molecule has 0 heterocycles. The van der Waals surface area contributed by atoms with Crippen LogP contribution >= 0.6 is 0 Å². The van der Waals surface area contributed by atoms with Crippen molar-refractivity contribution in [3.63, 3.8) is 0 Å². The summed E-state index contributed by atoms with van der Waals surface area (Å²) < 4.78 is 74.1. The summed E-state index contributed by atoms with van der Waals surface area (Å²) in [6.45, 7) is 2.19. The average Bonchev–Trinajstić information content (AvgIpc) is 2.50. The minimum Gasteiger partial charge on any atom is -0.294 e. The molecule has 0 radical (unpaired) electrons. The molecule has 2 aromatic rings. The first-order valence-corrected chi connectivity index (χ1v) is 6.77. The molecule has 0 saturated heterocycles. The lowest BCUT2D eigenvalue weighted by molar-refractivity contribution is -0.137. The lowest BCUT2D eigenvalue weighted by Gasteiger charge is -2.09. The third kappa shape index (κ3) is 5.44. The number of Topliss-reactive ketones (excluding diaryl/α,β-unsaturated/α-hetero) is 2. The van der Waals surface area contributed by atoms with E-state index >= 15 is 0 Å². The van der Waals surface area contributed by atoms with Crippen molar-refractivity contribution in [3.05, 3.63) is 70.5 Å². The van der Waals surface area contributed by atoms with E-state index in [0.29, 0.717) is 12.1 Å². The first kappa shape index (κ1) is 20.4. The first-order chi connectivity index (χ1) is 11.4. The van der Waals surface area contributed by atoms with Gasteiger partial charge in [0.15, 0.2) is 23.2 Å². The fourth-order valence-corrected chi connectivity index (χ4v) is 1.83. The summed E-state index contributed by atoms with van der Waals surface area (Å²) in [6, 6.07) is 5.64. The number of alkyl halides is 3. The Bertz CT molecular complexity index is 796. The summed E-state index contributed by atoms with van der Waals surface area (Å²) in [6.07, 6.45) is -4.46. The van der Waals surface area contributed by atoms with E-state index < -0.39 is 46.3 Å². The monoisotopic (exact) mass is 362 g/mol. The van der Waals surface area contributed by atoms with E-state index in [9.17, 15) is 35.9 Å². The van der Waals surface area contributed by atoms with Gasteiger partial charge in [-0.2, -0.15) is 13.2 Å². The van der Waals surface area contributed by atoms with Gasteiger partial charge in [-0.3, -0.25) is 9.59 Å². The number of carbonyl (C=O) groups is 2. The Hall–Kier alpha value is -2.64. The maximum Gasteiger partial charge on any atom is 0.417 e. The molecular formula is C17H12F6O2. The van der Waals surface area contributed by atoms with E-state index in [1.165, 1.54) is 18.2 Å². The second-order valence-electron chi connectivity index (χ2n) is 4.90. The molecule has 0 N–H and O–H groups in total. The van der Waals surface area contributed by atoms with Crippen LogP contribution in [0.3, 0.4) is 0 Å². The van der Waals surface area contributed by atoms with Crippen molar-refractivity contribution in [1.82, 2.24) is 0 Å². The molecule has 0 aliphatic rings. The maximum absolute atomic E-state index is 12.7. The van der Waals surface area contributed by atoms with Crippen molar-refractivity contribution in [2.45, 2.75) is 20.0 Å². The molecule has 0 aliphatic heterocycles. The second-order valence-corrected chi connectivity index (χ2v) is 4.90. The number of benzene rings is 2. The third-order valence-corrected chi connectivity index (χ3v) is 3.00. The second kappa shape index (κ2) is 7.96. The van der Waals surface area contributed by atoms with E-state index in [1.54, 1.807) is 0 Å². The van der Waals surface area contributed by atoms with Crippen molar-refractivity contribution >= 4 is 11.6 Å². The Kier molecular flexibility index (Phi) is 6.49. The largest absolute Gasteiger partial charge is 0.417 e. The van der Waals surface area contributed by atoms with Gasteiger partial charge in [0, 0.05) is 11.6 Å². The van der Waals surface area contributed by atoms with Gasteiger partial charge < -0.3 is 0 Å². The van der Waals surface area contributed by atoms with Crippen molar-refractivity contribution in [1.29, 1.82) is 0 Å². The molecule has 2 rings (SSSR count). The van der Waals surface area contributed by atoms with Crippen LogP contribution in [-0.4, -0.2) is 11.6 Å². The molecule has 0 saturated carbocycles. The molecule has 25 heavy (non-hydrogen) atoms. The third-order valence-electron chi connectivity index (χ3n) is 3.00. The molecule has 0 fully saturated rings. The maximum atomic E-state index is 12.7. The Morgan fingerprint density at radius 1 is 0.760 bits per heavy atom. The normalized spacial score (nSPS) is 10.7. The van der Waals surface area contributed by atoms with E-state index in [0.717, 1.165) is 19.9 Å². The summed E-state index contributed by atoms with van der Waals surface area (Å²) in [5, 5.41) is 0. The zero-order valence-corrected chi connectivity index (χ0v) is 13.0. The van der Waals surface area contributed by atoms with Crippen molar-refractivity contribution < 1.29 is 35.9 Å². The van der Waals surface area contributed by atoms with Gasteiger partial charge in [0.2, 0.25) is 0 Å². The SMILES string of the molecule is CC(=O)c1cc(F)c(F)cc1F.CC(=O)c1ccccc1C(F)(F)F. The molecule has 2 nitrogen and oxygen atoms in total. The van der Waals surface area contributed by atoms with Gasteiger partial charge in [-0.25, -0.2) is 13.2 Å². The molecule has 0 spiro atoms. The molecule has 134 valence electrons. The summed E-state index contributed by atoms with van der Waals surface area (Å²) in [5.41, 5.74) is -1.59. The van der Waals surface area contributed by atoms with Gasteiger partial charge in [0.25, 0.3) is 0 Å². The van der Waals surface area contributed by atoms with Crippen LogP contribution in [0.1, 0.15) is 40.1 Å². The summed E-state index contributed by atoms with van der Waals surface area (Å²) in [4.78, 5) is 21.4. The van der Waals surface area contributed by atoms with Crippen LogP contribution in [0.4, 0.5) is 26.3 Å². The average molecular weight is 362 g/mol. The summed E-state index contributed by atoms with van der Waals surface area (Å²) in [7, 11) is 0. The van der Waals surface area contributed by atoms with Gasteiger partial charge in [-0.15, -0.1) is 0 Å². The van der Waals surface area contributed by atoms with Gasteiger partial charge in [-0.05, 0) is 26.0 Å². The van der Waals surface area contributed by atoms with Gasteiger partial charge in [-0.1, -0.05) is 18.2 Å². The highest BCUT2D eigenvalue weighted by Gasteiger charge is 2.33. The number of halogens is 6. The van der Waals surface area contributed by atoms with Crippen molar-refractivity contribution in [2.24, 2.45) is 0 Å². The molecule has 0 bridgehead atoms. The highest BCUT2D eigenvalue weighted by Crippen LogP contribution is 2.31. The number of rotatable bonds is 2. The number of hydrogen-bond acceptors (Lipinski definition) is 2. The molecule has 2 aromatic carbocycles. The van der Waals surface area contributed by atoms with E-state index in [-0.39, 0.29) is 5.56 Å². The van der Waals surface area contributed by atoms with Crippen LogP contribution in [0.15, 0.2) is 36.4 Å². The van der Waals surface area contributed by atoms with Crippen LogP contribution in [0.25, 0.3) is 0 Å². The van der Waals surface area contributed by atoms with Crippen molar-refractivity contribution in [2.75, 3.05) is 0 Å². The van der Waals surface area contributed by atoms with Crippen LogP contribution < -0.4 is 0 Å². The van der Waals surface area contributed by atoms with Gasteiger partial charge in [0.05, 0.1) is 11.1 Å². The fraction of sp³-hybridized carbons (Fsp3) is 0.176. The Morgan fingerprint density at radius 2 is 1.24 bits per heavy atom. The van der Waals surface area contributed by atoms with E-state index in [2.05, 4.69) is 0 Å². The molecule has 0 aromatic heterocycles. The topological polar surface area (TPSA) is 34.1 Å². The molecule has 8 heteroatoms.